The Labute approximate surface area is 95.0 Å². The average molecular weight is 217 g/mol. The van der Waals surface area contributed by atoms with Crippen molar-refractivity contribution >= 4 is 11.7 Å². The summed E-state index contributed by atoms with van der Waals surface area (Å²) in [5, 5.41) is 0. The lowest BCUT2D eigenvalue weighted by Crippen LogP contribution is -2.29. The van der Waals surface area contributed by atoms with E-state index in [-0.39, 0.29) is 5.97 Å². The lowest BCUT2D eigenvalue weighted by molar-refractivity contribution is 0.0535. The van der Waals surface area contributed by atoms with Gasteiger partial charge in [0.1, 0.15) is 6.61 Å². The maximum atomic E-state index is 11.3. The molecule has 0 saturated carbocycles. The van der Waals surface area contributed by atoms with E-state index in [4.69, 9.17) is 4.74 Å². The van der Waals surface area contributed by atoms with Crippen LogP contribution in [0.4, 0.5) is 5.69 Å². The Morgan fingerprint density at radius 2 is 1.94 bits per heavy atom. The van der Waals surface area contributed by atoms with Crippen molar-refractivity contribution in [2.75, 3.05) is 18.0 Å². The number of hydrogen-bond donors (Lipinski definition) is 0. The van der Waals surface area contributed by atoms with E-state index in [9.17, 15) is 4.79 Å². The predicted molar refractivity (Wildman–Crippen MR) is 61.6 cm³/mol. The highest BCUT2D eigenvalue weighted by Gasteiger charge is 2.22. The number of anilines is 1. The lowest BCUT2D eigenvalue weighted by Gasteiger charge is -2.29. The van der Waals surface area contributed by atoms with Crippen molar-refractivity contribution in [3.8, 4) is 0 Å². The highest BCUT2D eigenvalue weighted by molar-refractivity contribution is 5.93. The van der Waals surface area contributed by atoms with Gasteiger partial charge in [0.25, 0.3) is 0 Å². The van der Waals surface area contributed by atoms with Gasteiger partial charge in [0.2, 0.25) is 0 Å². The Balaban J connectivity index is 1.89. The summed E-state index contributed by atoms with van der Waals surface area (Å²) < 4.78 is 5.01. The van der Waals surface area contributed by atoms with Gasteiger partial charge < -0.3 is 9.64 Å². The molecule has 84 valence electrons. The van der Waals surface area contributed by atoms with Crippen LogP contribution in [0.15, 0.2) is 18.2 Å². The fourth-order valence-corrected chi connectivity index (χ4v) is 2.47. The molecule has 3 heteroatoms. The smallest absolute Gasteiger partial charge is 0.338 e. The summed E-state index contributed by atoms with van der Waals surface area (Å²) in [5.41, 5.74) is 3.01. The Hall–Kier alpha value is -1.51. The largest absolute Gasteiger partial charge is 0.457 e. The second kappa shape index (κ2) is 3.81. The topological polar surface area (TPSA) is 29.5 Å². The number of esters is 1. The molecule has 0 aliphatic carbocycles. The number of ether oxygens (including phenoxy) is 1. The first kappa shape index (κ1) is 9.70. The number of benzene rings is 1. The quantitative estimate of drug-likeness (QED) is 0.676. The summed E-state index contributed by atoms with van der Waals surface area (Å²) >= 11 is 0. The summed E-state index contributed by atoms with van der Waals surface area (Å²) in [5.74, 6) is -0.180. The van der Waals surface area contributed by atoms with Crippen molar-refractivity contribution in [2.24, 2.45) is 0 Å². The summed E-state index contributed by atoms with van der Waals surface area (Å²) in [7, 11) is 0. The molecule has 0 radical (unpaired) electrons. The first-order valence-corrected chi connectivity index (χ1v) is 5.89. The van der Waals surface area contributed by atoms with Crippen LogP contribution in [0.25, 0.3) is 0 Å². The van der Waals surface area contributed by atoms with Crippen LogP contribution in [0.3, 0.4) is 0 Å². The van der Waals surface area contributed by atoms with Crippen LogP contribution >= 0.6 is 0 Å². The number of nitrogens with zero attached hydrogens (tertiary/aromatic N) is 1. The molecule has 1 aromatic rings. The van der Waals surface area contributed by atoms with Crippen LogP contribution in [-0.4, -0.2) is 19.1 Å². The summed E-state index contributed by atoms with van der Waals surface area (Å²) in [6.07, 6.45) is 3.88. The molecule has 2 heterocycles. The Kier molecular flexibility index (Phi) is 2.31. The van der Waals surface area contributed by atoms with Gasteiger partial charge in [0, 0.05) is 24.3 Å². The summed E-state index contributed by atoms with van der Waals surface area (Å²) in [6, 6.07) is 6.04. The first-order chi connectivity index (χ1) is 7.84. The number of cyclic esters (lactones) is 1. The Bertz CT molecular complexity index is 422. The van der Waals surface area contributed by atoms with Crippen LogP contribution in [0.2, 0.25) is 0 Å². The number of carbonyl (C=O) groups excluding carboxylic acids is 1. The fourth-order valence-electron chi connectivity index (χ4n) is 2.47. The molecule has 0 bridgehead atoms. The van der Waals surface area contributed by atoms with E-state index in [2.05, 4.69) is 11.0 Å². The molecule has 1 fully saturated rings. The third-order valence-electron chi connectivity index (χ3n) is 3.39. The zero-order valence-electron chi connectivity index (χ0n) is 9.24. The van der Waals surface area contributed by atoms with E-state index < -0.39 is 0 Å². The normalized spacial score (nSPS) is 19.5. The van der Waals surface area contributed by atoms with Crippen molar-refractivity contribution in [3.63, 3.8) is 0 Å². The van der Waals surface area contributed by atoms with E-state index in [0.717, 1.165) is 24.2 Å². The monoisotopic (exact) mass is 217 g/mol. The number of fused-ring (bicyclic) bond motifs is 1. The maximum absolute atomic E-state index is 11.3. The maximum Gasteiger partial charge on any atom is 0.338 e. The first-order valence-electron chi connectivity index (χ1n) is 5.89. The van der Waals surface area contributed by atoms with Crippen molar-refractivity contribution in [1.29, 1.82) is 0 Å². The van der Waals surface area contributed by atoms with Gasteiger partial charge in [-0.2, -0.15) is 0 Å². The van der Waals surface area contributed by atoms with Crippen molar-refractivity contribution in [3.05, 3.63) is 29.3 Å². The van der Waals surface area contributed by atoms with Gasteiger partial charge in [-0.05, 0) is 37.5 Å². The van der Waals surface area contributed by atoms with Crippen molar-refractivity contribution in [1.82, 2.24) is 0 Å². The zero-order chi connectivity index (χ0) is 11.0. The Morgan fingerprint density at radius 1 is 1.12 bits per heavy atom. The molecule has 0 unspecified atom stereocenters. The number of rotatable bonds is 1. The van der Waals surface area contributed by atoms with Crippen molar-refractivity contribution < 1.29 is 9.53 Å². The predicted octanol–water partition coefficient (Wildman–Crippen LogP) is 2.35. The molecule has 0 spiro atoms. The fraction of sp³-hybridized carbons (Fsp3) is 0.462. The van der Waals surface area contributed by atoms with E-state index >= 15 is 0 Å². The molecule has 2 aliphatic heterocycles. The molecular formula is C13H15NO2. The van der Waals surface area contributed by atoms with Crippen LogP contribution < -0.4 is 4.90 Å². The summed E-state index contributed by atoms with van der Waals surface area (Å²) in [6.45, 7) is 2.71. The average Bonchev–Trinajstić information content (AvgIpc) is 2.72. The second-order valence-electron chi connectivity index (χ2n) is 4.47. The van der Waals surface area contributed by atoms with Crippen LogP contribution in [-0.2, 0) is 11.3 Å². The molecule has 0 atom stereocenters. The molecule has 2 aliphatic rings. The molecule has 1 aromatic carbocycles. The molecule has 1 saturated heterocycles. The van der Waals surface area contributed by atoms with Crippen LogP contribution in [0.5, 0.6) is 0 Å². The highest BCUT2D eigenvalue weighted by atomic mass is 16.5. The highest BCUT2D eigenvalue weighted by Crippen LogP contribution is 2.27. The van der Waals surface area contributed by atoms with Gasteiger partial charge in [0.05, 0.1) is 5.56 Å². The van der Waals surface area contributed by atoms with Gasteiger partial charge in [0.15, 0.2) is 0 Å². The minimum Gasteiger partial charge on any atom is -0.457 e. The molecule has 0 amide bonds. The van der Waals surface area contributed by atoms with Gasteiger partial charge in [-0.1, -0.05) is 0 Å². The van der Waals surface area contributed by atoms with E-state index in [1.54, 1.807) is 0 Å². The van der Waals surface area contributed by atoms with Gasteiger partial charge >= 0.3 is 5.97 Å². The van der Waals surface area contributed by atoms with Gasteiger partial charge in [-0.15, -0.1) is 0 Å². The molecule has 3 nitrogen and oxygen atoms in total. The Morgan fingerprint density at radius 3 is 2.75 bits per heavy atom. The standard InChI is InChI=1S/C13H15NO2/c15-13-12-5-4-11(8-10(12)9-16-13)14-6-2-1-3-7-14/h4-5,8H,1-3,6-7,9H2. The molecule has 0 aromatic heterocycles. The summed E-state index contributed by atoms with van der Waals surface area (Å²) in [4.78, 5) is 13.7. The third kappa shape index (κ3) is 1.56. The molecular weight excluding hydrogens is 202 g/mol. The molecule has 16 heavy (non-hydrogen) atoms. The van der Waals surface area contributed by atoms with Gasteiger partial charge in [-0.3, -0.25) is 0 Å². The zero-order valence-corrected chi connectivity index (χ0v) is 9.24. The SMILES string of the molecule is O=C1OCc2cc(N3CCCCC3)ccc21. The minimum absolute atomic E-state index is 0.180. The van der Waals surface area contributed by atoms with Gasteiger partial charge in [-0.25, -0.2) is 4.79 Å². The van der Waals surface area contributed by atoms with Crippen LogP contribution in [0, 0.1) is 0 Å². The number of hydrogen-bond acceptors (Lipinski definition) is 3. The minimum atomic E-state index is -0.180. The third-order valence-corrected chi connectivity index (χ3v) is 3.39. The van der Waals surface area contributed by atoms with E-state index in [1.807, 2.05) is 12.1 Å². The van der Waals surface area contributed by atoms with E-state index in [1.165, 1.54) is 24.9 Å². The lowest BCUT2D eigenvalue weighted by atomic mass is 10.1. The number of carbonyl (C=O) groups is 1. The second-order valence-corrected chi connectivity index (χ2v) is 4.47. The van der Waals surface area contributed by atoms with Crippen molar-refractivity contribution in [2.45, 2.75) is 25.9 Å². The van der Waals surface area contributed by atoms with E-state index in [0.29, 0.717) is 6.61 Å². The van der Waals surface area contributed by atoms with Crippen LogP contribution in [0.1, 0.15) is 35.2 Å². The number of piperidine rings is 1. The molecule has 3 rings (SSSR count). The molecule has 0 N–H and O–H groups in total.